The molecular formula is C33H31ClF2N6O3. The van der Waals surface area contributed by atoms with Gasteiger partial charge in [0.05, 0.1) is 10.6 Å². The van der Waals surface area contributed by atoms with E-state index in [0.717, 1.165) is 19.4 Å². The van der Waals surface area contributed by atoms with Gasteiger partial charge in [0.15, 0.2) is 5.82 Å². The third-order valence-electron chi connectivity index (χ3n) is 8.69. The molecule has 0 unspecified atom stereocenters. The molecular weight excluding hydrogens is 602 g/mol. The maximum Gasteiger partial charge on any atom is 0.319 e. The number of likely N-dealkylation sites (tertiary alicyclic amines) is 1. The molecule has 0 saturated carbocycles. The van der Waals surface area contributed by atoms with Crippen LogP contribution >= 0.6 is 11.6 Å². The van der Waals surface area contributed by atoms with Gasteiger partial charge in [0, 0.05) is 36.4 Å². The number of ether oxygens (including phenoxy) is 1. The molecule has 2 fully saturated rings. The summed E-state index contributed by atoms with van der Waals surface area (Å²) in [4.78, 5) is 30.8. The molecule has 2 atom stereocenters. The largest absolute Gasteiger partial charge is 0.507 e. The standard InChI is InChI=1S/C33H31ClF2N6O3/c1-4-26(44)42-14-13-41(17-21(42)16-37-2)32-23-15-25(43)28(22-9-5-7-19-10-11-24(35)29(34)27(19)22)30(36)31(23)38-33(39-32)45-18-20-8-6-12-40(20)3/h4-5,7,9-11,15,20-21,43H,1,6,8,12-14,16-18H2,3H3/t20-,21-/m0/s1. The molecule has 45 heavy (non-hydrogen) atoms. The van der Waals surface area contributed by atoms with Crippen LogP contribution in [0, 0.1) is 18.2 Å². The molecule has 1 amide bonds. The topological polar surface area (TPSA) is 86.4 Å². The summed E-state index contributed by atoms with van der Waals surface area (Å²) >= 11 is 6.36. The summed E-state index contributed by atoms with van der Waals surface area (Å²) in [6.07, 6.45) is 3.20. The van der Waals surface area contributed by atoms with E-state index in [9.17, 15) is 14.3 Å². The second kappa shape index (κ2) is 12.5. The molecule has 3 heterocycles. The molecule has 9 nitrogen and oxygen atoms in total. The summed E-state index contributed by atoms with van der Waals surface area (Å²) in [5.41, 5.74) is -0.0739. The molecule has 4 aromatic rings. The van der Waals surface area contributed by atoms with Gasteiger partial charge in [-0.3, -0.25) is 4.79 Å². The molecule has 2 saturated heterocycles. The lowest BCUT2D eigenvalue weighted by atomic mass is 9.95. The van der Waals surface area contributed by atoms with Crippen molar-refractivity contribution in [3.8, 4) is 22.9 Å². The number of anilines is 1. The van der Waals surface area contributed by atoms with Gasteiger partial charge < -0.3 is 29.4 Å². The fraction of sp³-hybridized carbons (Fsp3) is 0.333. The van der Waals surface area contributed by atoms with E-state index in [4.69, 9.17) is 22.9 Å². The van der Waals surface area contributed by atoms with Gasteiger partial charge >= 0.3 is 6.01 Å². The molecule has 6 rings (SSSR count). The van der Waals surface area contributed by atoms with E-state index in [-0.39, 0.29) is 70.0 Å². The number of hydrogen-bond acceptors (Lipinski definition) is 7. The summed E-state index contributed by atoms with van der Waals surface area (Å²) in [5.74, 6) is -1.89. The molecule has 232 valence electrons. The highest BCUT2D eigenvalue weighted by molar-refractivity contribution is 6.37. The summed E-state index contributed by atoms with van der Waals surface area (Å²) < 4.78 is 37.4. The number of carbonyl (C=O) groups excluding carboxylic acids is 1. The summed E-state index contributed by atoms with van der Waals surface area (Å²) in [6, 6.07) is 8.77. The minimum absolute atomic E-state index is 0.0401. The Labute approximate surface area is 264 Å². The number of benzene rings is 3. The average molecular weight is 633 g/mol. The van der Waals surface area contributed by atoms with Crippen LogP contribution in [0.25, 0.3) is 37.6 Å². The first-order valence-corrected chi connectivity index (χ1v) is 15.0. The summed E-state index contributed by atoms with van der Waals surface area (Å²) in [6.45, 7) is 13.2. The lowest BCUT2D eigenvalue weighted by molar-refractivity contribution is -0.128. The second-order valence-corrected chi connectivity index (χ2v) is 11.7. The predicted octanol–water partition coefficient (Wildman–Crippen LogP) is 5.68. The number of aromatic hydroxyl groups is 1. The van der Waals surface area contributed by atoms with Crippen LogP contribution in [-0.4, -0.2) is 89.2 Å². The number of phenolic OH excluding ortho intramolecular Hbond substituents is 1. The van der Waals surface area contributed by atoms with Crippen molar-refractivity contribution >= 4 is 45.0 Å². The molecule has 3 aromatic carbocycles. The lowest BCUT2D eigenvalue weighted by Gasteiger charge is -2.39. The van der Waals surface area contributed by atoms with Gasteiger partial charge in [-0.05, 0) is 55.6 Å². The van der Waals surface area contributed by atoms with E-state index >= 15 is 4.39 Å². The molecule has 2 aliphatic heterocycles. The van der Waals surface area contributed by atoms with Crippen molar-refractivity contribution in [3.63, 3.8) is 0 Å². The third-order valence-corrected chi connectivity index (χ3v) is 9.06. The Bertz CT molecular complexity index is 1860. The Hall–Kier alpha value is -4.53. The number of hydrogen-bond donors (Lipinski definition) is 1. The minimum atomic E-state index is -0.845. The van der Waals surface area contributed by atoms with Crippen molar-refractivity contribution < 1.29 is 23.4 Å². The highest BCUT2D eigenvalue weighted by atomic mass is 35.5. The number of carbonyl (C=O) groups is 1. The SMILES string of the molecule is [C-]#[N+]C[C@H]1CN(c2nc(OC[C@@H]3CCCN3C)nc3c(F)c(-c4cccc5ccc(F)c(Cl)c45)c(O)cc23)CCN1C(=O)C=C. The highest BCUT2D eigenvalue weighted by Gasteiger charge is 2.34. The van der Waals surface area contributed by atoms with E-state index in [1.165, 1.54) is 18.2 Å². The number of rotatable bonds is 7. The van der Waals surface area contributed by atoms with Gasteiger partial charge in [-0.2, -0.15) is 9.97 Å². The zero-order chi connectivity index (χ0) is 31.8. The monoisotopic (exact) mass is 632 g/mol. The summed E-state index contributed by atoms with van der Waals surface area (Å²) in [7, 11) is 2.02. The van der Waals surface area contributed by atoms with E-state index in [2.05, 4.69) is 26.3 Å². The molecule has 0 bridgehead atoms. The highest BCUT2D eigenvalue weighted by Crippen LogP contribution is 2.44. The van der Waals surface area contributed by atoms with Gasteiger partial charge in [-0.25, -0.2) is 15.4 Å². The van der Waals surface area contributed by atoms with Crippen LogP contribution in [0.1, 0.15) is 12.8 Å². The van der Waals surface area contributed by atoms with Crippen LogP contribution in [0.4, 0.5) is 14.6 Å². The Kier molecular flexibility index (Phi) is 8.44. The van der Waals surface area contributed by atoms with Crippen LogP contribution in [0.5, 0.6) is 11.8 Å². The van der Waals surface area contributed by atoms with Crippen LogP contribution in [-0.2, 0) is 4.79 Å². The maximum atomic E-state index is 16.7. The first-order chi connectivity index (χ1) is 21.7. The number of amides is 1. The molecule has 0 aliphatic carbocycles. The normalized spacial score (nSPS) is 18.8. The molecule has 1 N–H and O–H groups in total. The van der Waals surface area contributed by atoms with Crippen molar-refractivity contribution in [1.29, 1.82) is 0 Å². The lowest BCUT2D eigenvalue weighted by Crippen LogP contribution is -2.56. The van der Waals surface area contributed by atoms with E-state index in [0.29, 0.717) is 24.4 Å². The van der Waals surface area contributed by atoms with Crippen molar-refractivity contribution in [3.05, 3.63) is 77.1 Å². The zero-order valence-electron chi connectivity index (χ0n) is 24.6. The first-order valence-electron chi connectivity index (χ1n) is 14.7. The fourth-order valence-corrected chi connectivity index (χ4v) is 6.61. The number of aromatic nitrogens is 2. The molecule has 0 radical (unpaired) electrons. The van der Waals surface area contributed by atoms with E-state index in [1.807, 2.05) is 11.9 Å². The quantitative estimate of drug-likeness (QED) is 0.207. The minimum Gasteiger partial charge on any atom is -0.507 e. The Morgan fingerprint density at radius 1 is 1.22 bits per heavy atom. The average Bonchev–Trinajstić information content (AvgIpc) is 3.45. The number of fused-ring (bicyclic) bond motifs is 2. The first kappa shape index (κ1) is 30.5. The van der Waals surface area contributed by atoms with Crippen molar-refractivity contribution in [1.82, 2.24) is 19.8 Å². The Morgan fingerprint density at radius 3 is 2.78 bits per heavy atom. The van der Waals surface area contributed by atoms with Crippen molar-refractivity contribution in [2.75, 3.05) is 51.3 Å². The smallest absolute Gasteiger partial charge is 0.319 e. The van der Waals surface area contributed by atoms with E-state index < -0.39 is 23.4 Å². The van der Waals surface area contributed by atoms with Gasteiger partial charge in [0.2, 0.25) is 12.5 Å². The van der Waals surface area contributed by atoms with Crippen molar-refractivity contribution in [2.45, 2.75) is 24.9 Å². The third kappa shape index (κ3) is 5.60. The Morgan fingerprint density at radius 2 is 2.04 bits per heavy atom. The Balaban J connectivity index is 1.51. The summed E-state index contributed by atoms with van der Waals surface area (Å²) in [5, 5.41) is 12.2. The number of phenols is 1. The molecule has 12 heteroatoms. The molecule has 1 aromatic heterocycles. The second-order valence-electron chi connectivity index (χ2n) is 11.3. The number of nitrogens with zero attached hydrogens (tertiary/aromatic N) is 6. The fourth-order valence-electron chi connectivity index (χ4n) is 6.33. The van der Waals surface area contributed by atoms with Gasteiger partial charge in [0.1, 0.15) is 35.6 Å². The zero-order valence-corrected chi connectivity index (χ0v) is 25.4. The van der Waals surface area contributed by atoms with Crippen LogP contribution in [0.15, 0.2) is 49.1 Å². The number of halogens is 3. The van der Waals surface area contributed by atoms with Crippen LogP contribution in [0.3, 0.4) is 0 Å². The molecule has 0 spiro atoms. The molecule has 2 aliphatic rings. The van der Waals surface area contributed by atoms with Gasteiger partial charge in [-0.15, -0.1) is 0 Å². The number of piperazine rings is 1. The van der Waals surface area contributed by atoms with Gasteiger partial charge in [0.25, 0.3) is 0 Å². The van der Waals surface area contributed by atoms with Crippen LogP contribution in [0.2, 0.25) is 5.02 Å². The van der Waals surface area contributed by atoms with Crippen molar-refractivity contribution in [2.24, 2.45) is 0 Å². The van der Waals surface area contributed by atoms with Crippen LogP contribution < -0.4 is 9.64 Å². The maximum absolute atomic E-state index is 16.7. The van der Waals surface area contributed by atoms with Gasteiger partial charge in [-0.1, -0.05) is 42.4 Å². The van der Waals surface area contributed by atoms with E-state index in [1.54, 1.807) is 29.2 Å². The predicted molar refractivity (Wildman–Crippen MR) is 170 cm³/mol. The number of likely N-dealkylation sites (N-methyl/N-ethyl adjacent to an activating group) is 1.